The molecule has 5 nitrogen and oxygen atoms in total. The number of benzene rings is 3. The summed E-state index contributed by atoms with van der Waals surface area (Å²) in [6.45, 7) is -0.188. The quantitative estimate of drug-likeness (QED) is 0.489. The van der Waals surface area contributed by atoms with Gasteiger partial charge in [0.1, 0.15) is 17.3 Å². The van der Waals surface area contributed by atoms with Crippen molar-refractivity contribution < 1.29 is 18.7 Å². The first-order chi connectivity index (χ1) is 14.6. The van der Waals surface area contributed by atoms with E-state index < -0.39 is 0 Å². The summed E-state index contributed by atoms with van der Waals surface area (Å²) in [5.74, 6) is 0.398. The highest BCUT2D eigenvalue weighted by Crippen LogP contribution is 2.31. The Labute approximate surface area is 173 Å². The number of amides is 1. The fourth-order valence-electron chi connectivity index (χ4n) is 3.08. The minimum Gasteiger partial charge on any atom is -0.496 e. The van der Waals surface area contributed by atoms with Crippen LogP contribution in [0, 0.1) is 5.82 Å². The summed E-state index contributed by atoms with van der Waals surface area (Å²) < 4.78 is 23.9. The lowest BCUT2D eigenvalue weighted by molar-refractivity contribution is -0.118. The first-order valence-electron chi connectivity index (χ1n) is 9.35. The standard InChI is InChI=1S/C24H19FN2O3/c1-29-23-14-22(16-5-3-2-4-6-16)27-21-12-9-18(13-20(21)23)26-24(28)15-30-19-10-7-17(25)8-11-19/h2-14H,15H2,1H3,(H,26,28). The molecule has 0 saturated heterocycles. The normalized spacial score (nSPS) is 10.6. The Hall–Kier alpha value is -3.93. The Bertz CT molecular complexity index is 1180. The van der Waals surface area contributed by atoms with Crippen molar-refractivity contribution in [3.63, 3.8) is 0 Å². The van der Waals surface area contributed by atoms with Crippen LogP contribution in [0.15, 0.2) is 78.9 Å². The van der Waals surface area contributed by atoms with Crippen molar-refractivity contribution in [1.82, 2.24) is 4.98 Å². The second kappa shape index (κ2) is 8.61. The molecule has 0 aliphatic heterocycles. The number of anilines is 1. The van der Waals surface area contributed by atoms with E-state index in [0.717, 1.165) is 22.2 Å². The Kier molecular flexibility index (Phi) is 5.57. The van der Waals surface area contributed by atoms with Gasteiger partial charge in [-0.15, -0.1) is 0 Å². The minimum atomic E-state index is -0.360. The minimum absolute atomic E-state index is 0.188. The number of aromatic nitrogens is 1. The molecule has 150 valence electrons. The molecule has 6 heteroatoms. The third-order valence-electron chi connectivity index (χ3n) is 4.53. The number of pyridine rings is 1. The number of halogens is 1. The first kappa shape index (κ1) is 19.4. The number of nitrogens with zero attached hydrogens (tertiary/aromatic N) is 1. The zero-order valence-corrected chi connectivity index (χ0v) is 16.3. The molecule has 0 radical (unpaired) electrons. The number of carbonyl (C=O) groups excluding carboxylic acids is 1. The molecule has 0 spiro atoms. The molecule has 0 aliphatic carbocycles. The van der Waals surface area contributed by atoms with E-state index in [-0.39, 0.29) is 18.3 Å². The van der Waals surface area contributed by atoms with E-state index in [1.807, 2.05) is 48.5 Å². The van der Waals surface area contributed by atoms with Crippen LogP contribution in [0.2, 0.25) is 0 Å². The van der Waals surface area contributed by atoms with Crippen molar-refractivity contribution in [1.29, 1.82) is 0 Å². The molecular formula is C24H19FN2O3. The van der Waals surface area contributed by atoms with Gasteiger partial charge in [0.15, 0.2) is 6.61 Å². The number of rotatable bonds is 6. The van der Waals surface area contributed by atoms with Gasteiger partial charge in [0.25, 0.3) is 5.91 Å². The van der Waals surface area contributed by atoms with Crippen molar-refractivity contribution in [2.24, 2.45) is 0 Å². The average Bonchev–Trinajstić information content (AvgIpc) is 2.78. The summed E-state index contributed by atoms with van der Waals surface area (Å²) in [5.41, 5.74) is 3.16. The van der Waals surface area contributed by atoms with Crippen molar-refractivity contribution in [3.05, 3.63) is 84.7 Å². The predicted molar refractivity (Wildman–Crippen MR) is 114 cm³/mol. The van der Waals surface area contributed by atoms with Gasteiger partial charge in [-0.2, -0.15) is 0 Å². The molecule has 1 N–H and O–H groups in total. The summed E-state index contributed by atoms with van der Waals surface area (Å²) in [4.78, 5) is 16.9. The molecule has 4 rings (SSSR count). The summed E-state index contributed by atoms with van der Waals surface area (Å²) in [7, 11) is 1.60. The van der Waals surface area contributed by atoms with Crippen molar-refractivity contribution >= 4 is 22.5 Å². The van der Waals surface area contributed by atoms with Crippen LogP contribution in [0.5, 0.6) is 11.5 Å². The second-order valence-corrected chi connectivity index (χ2v) is 6.60. The van der Waals surface area contributed by atoms with Gasteiger partial charge in [-0.25, -0.2) is 9.37 Å². The number of hydrogen-bond donors (Lipinski definition) is 1. The largest absolute Gasteiger partial charge is 0.496 e. The molecule has 1 amide bonds. The van der Waals surface area contributed by atoms with E-state index in [1.165, 1.54) is 24.3 Å². The number of nitrogens with one attached hydrogen (secondary N) is 1. The van der Waals surface area contributed by atoms with Crippen LogP contribution < -0.4 is 14.8 Å². The van der Waals surface area contributed by atoms with Gasteiger partial charge in [0.05, 0.1) is 18.3 Å². The van der Waals surface area contributed by atoms with Gasteiger partial charge in [-0.05, 0) is 42.5 Å². The molecule has 3 aromatic carbocycles. The van der Waals surface area contributed by atoms with Crippen LogP contribution in [-0.4, -0.2) is 24.6 Å². The molecule has 0 unspecified atom stereocenters. The van der Waals surface area contributed by atoms with E-state index >= 15 is 0 Å². The van der Waals surface area contributed by atoms with E-state index in [0.29, 0.717) is 17.2 Å². The third-order valence-corrected chi connectivity index (χ3v) is 4.53. The van der Waals surface area contributed by atoms with Gasteiger partial charge in [0, 0.05) is 22.7 Å². The molecule has 0 fully saturated rings. The highest BCUT2D eigenvalue weighted by atomic mass is 19.1. The van der Waals surface area contributed by atoms with E-state index in [4.69, 9.17) is 14.5 Å². The summed E-state index contributed by atoms with van der Waals surface area (Å²) in [5, 5.41) is 3.58. The molecule has 0 saturated carbocycles. The van der Waals surface area contributed by atoms with Crippen LogP contribution in [0.1, 0.15) is 0 Å². The summed E-state index contributed by atoms with van der Waals surface area (Å²) >= 11 is 0. The highest BCUT2D eigenvalue weighted by Gasteiger charge is 2.11. The number of carbonyl (C=O) groups is 1. The third kappa shape index (κ3) is 4.38. The van der Waals surface area contributed by atoms with Crippen LogP contribution in [0.4, 0.5) is 10.1 Å². The van der Waals surface area contributed by atoms with Crippen LogP contribution in [0.25, 0.3) is 22.2 Å². The van der Waals surface area contributed by atoms with Crippen molar-refractivity contribution in [2.75, 3.05) is 19.0 Å². The van der Waals surface area contributed by atoms with Gasteiger partial charge < -0.3 is 14.8 Å². The summed E-state index contributed by atoms with van der Waals surface area (Å²) in [6.07, 6.45) is 0. The number of methoxy groups -OCH3 is 1. The van der Waals surface area contributed by atoms with Gasteiger partial charge in [-0.1, -0.05) is 30.3 Å². The van der Waals surface area contributed by atoms with Crippen molar-refractivity contribution in [2.45, 2.75) is 0 Å². The van der Waals surface area contributed by atoms with Crippen LogP contribution in [0.3, 0.4) is 0 Å². The average molecular weight is 402 g/mol. The lowest BCUT2D eigenvalue weighted by atomic mass is 10.1. The fraction of sp³-hybridized carbons (Fsp3) is 0.0833. The maximum atomic E-state index is 12.9. The Morgan fingerprint density at radius 1 is 1.00 bits per heavy atom. The van der Waals surface area contributed by atoms with E-state index in [2.05, 4.69) is 5.32 Å². The Morgan fingerprint density at radius 3 is 2.50 bits per heavy atom. The number of fused-ring (bicyclic) bond motifs is 1. The Morgan fingerprint density at radius 2 is 1.77 bits per heavy atom. The molecule has 0 atom stereocenters. The van der Waals surface area contributed by atoms with Gasteiger partial charge >= 0.3 is 0 Å². The lowest BCUT2D eigenvalue weighted by Gasteiger charge is -2.11. The van der Waals surface area contributed by atoms with Crippen LogP contribution in [-0.2, 0) is 4.79 Å². The SMILES string of the molecule is COc1cc(-c2ccccc2)nc2ccc(NC(=O)COc3ccc(F)cc3)cc12. The zero-order chi connectivity index (χ0) is 20.9. The first-order valence-corrected chi connectivity index (χ1v) is 9.35. The maximum absolute atomic E-state index is 12.9. The fourth-order valence-corrected chi connectivity index (χ4v) is 3.08. The molecule has 1 aromatic heterocycles. The van der Waals surface area contributed by atoms with Gasteiger partial charge in [0.2, 0.25) is 0 Å². The van der Waals surface area contributed by atoms with E-state index in [1.54, 1.807) is 13.2 Å². The van der Waals surface area contributed by atoms with E-state index in [9.17, 15) is 9.18 Å². The predicted octanol–water partition coefficient (Wildman–Crippen LogP) is 5.07. The Balaban J connectivity index is 1.52. The summed E-state index contributed by atoms with van der Waals surface area (Å²) in [6, 6.07) is 22.6. The molecule has 1 heterocycles. The highest BCUT2D eigenvalue weighted by molar-refractivity contribution is 5.96. The second-order valence-electron chi connectivity index (χ2n) is 6.60. The number of hydrogen-bond acceptors (Lipinski definition) is 4. The molecule has 0 aliphatic rings. The molecule has 30 heavy (non-hydrogen) atoms. The smallest absolute Gasteiger partial charge is 0.262 e. The lowest BCUT2D eigenvalue weighted by Crippen LogP contribution is -2.20. The van der Waals surface area contributed by atoms with Gasteiger partial charge in [-0.3, -0.25) is 4.79 Å². The molecular weight excluding hydrogens is 383 g/mol. The molecule has 4 aromatic rings. The monoisotopic (exact) mass is 402 g/mol. The topological polar surface area (TPSA) is 60.5 Å². The maximum Gasteiger partial charge on any atom is 0.262 e. The van der Waals surface area contributed by atoms with Crippen LogP contribution >= 0.6 is 0 Å². The number of ether oxygens (including phenoxy) is 2. The molecule has 0 bridgehead atoms. The zero-order valence-electron chi connectivity index (χ0n) is 16.3. The van der Waals surface area contributed by atoms with Crippen molar-refractivity contribution in [3.8, 4) is 22.8 Å².